The van der Waals surface area contributed by atoms with Gasteiger partial charge in [-0.2, -0.15) is 0 Å². The van der Waals surface area contributed by atoms with E-state index in [1.54, 1.807) is 42.5 Å². The zero-order chi connectivity index (χ0) is 16.1. The van der Waals surface area contributed by atoms with Crippen LogP contribution in [0.15, 0.2) is 54.6 Å². The van der Waals surface area contributed by atoms with E-state index in [4.69, 9.17) is 5.73 Å². The van der Waals surface area contributed by atoms with E-state index < -0.39 is 17.7 Å². The minimum absolute atomic E-state index is 0.251. The van der Waals surface area contributed by atoms with Crippen molar-refractivity contribution in [1.82, 2.24) is 0 Å². The van der Waals surface area contributed by atoms with Gasteiger partial charge in [0.05, 0.1) is 5.69 Å². The van der Waals surface area contributed by atoms with Crippen molar-refractivity contribution in [2.75, 3.05) is 16.0 Å². The van der Waals surface area contributed by atoms with E-state index in [2.05, 4.69) is 5.32 Å². The Balaban J connectivity index is 2.23. The van der Waals surface area contributed by atoms with E-state index in [-0.39, 0.29) is 5.69 Å². The molecule has 0 aliphatic heterocycles. The van der Waals surface area contributed by atoms with Crippen LogP contribution in [0.3, 0.4) is 0 Å². The highest BCUT2D eigenvalue weighted by molar-refractivity contribution is 6.48. The molecule has 0 saturated heterocycles. The van der Waals surface area contributed by atoms with Crippen LogP contribution in [0, 0.1) is 0 Å². The standard InChI is InChI=1S/C16H15N3O3/c1-11(20)19(14-9-5-6-12(17)10-14)16(22)15(21)18-13-7-3-2-4-8-13/h2-10H,17H2,1H3,(H,18,21). The second-order valence-corrected chi connectivity index (χ2v) is 4.57. The minimum Gasteiger partial charge on any atom is -0.399 e. The third kappa shape index (κ3) is 3.49. The van der Waals surface area contributed by atoms with E-state index in [1.165, 1.54) is 19.1 Å². The molecule has 0 aliphatic carbocycles. The number of benzene rings is 2. The summed E-state index contributed by atoms with van der Waals surface area (Å²) in [6, 6.07) is 14.7. The first kappa shape index (κ1) is 15.2. The summed E-state index contributed by atoms with van der Waals surface area (Å²) in [7, 11) is 0. The third-order valence-electron chi connectivity index (χ3n) is 2.87. The van der Waals surface area contributed by atoms with Crippen molar-refractivity contribution < 1.29 is 14.4 Å². The number of anilines is 3. The molecule has 0 radical (unpaired) electrons. The SMILES string of the molecule is CC(=O)N(C(=O)C(=O)Nc1ccccc1)c1cccc(N)c1. The number of rotatable bonds is 2. The van der Waals surface area contributed by atoms with Gasteiger partial charge >= 0.3 is 11.8 Å². The summed E-state index contributed by atoms with van der Waals surface area (Å²) < 4.78 is 0. The monoisotopic (exact) mass is 297 g/mol. The van der Waals surface area contributed by atoms with E-state index in [1.807, 2.05) is 0 Å². The lowest BCUT2D eigenvalue weighted by atomic mass is 10.2. The summed E-state index contributed by atoms with van der Waals surface area (Å²) in [5.41, 5.74) is 6.76. The quantitative estimate of drug-likeness (QED) is 0.653. The van der Waals surface area contributed by atoms with Crippen LogP contribution in [0.2, 0.25) is 0 Å². The molecule has 112 valence electrons. The fourth-order valence-corrected chi connectivity index (χ4v) is 1.91. The molecule has 0 unspecified atom stereocenters. The Morgan fingerprint density at radius 1 is 1.00 bits per heavy atom. The van der Waals surface area contributed by atoms with Crippen molar-refractivity contribution in [3.63, 3.8) is 0 Å². The van der Waals surface area contributed by atoms with Gasteiger partial charge in [0.25, 0.3) is 0 Å². The first-order valence-electron chi connectivity index (χ1n) is 6.55. The molecule has 3 N–H and O–H groups in total. The average molecular weight is 297 g/mol. The number of nitrogens with zero attached hydrogens (tertiary/aromatic N) is 1. The van der Waals surface area contributed by atoms with Gasteiger partial charge in [0.15, 0.2) is 0 Å². The van der Waals surface area contributed by atoms with Gasteiger partial charge in [-0.05, 0) is 30.3 Å². The van der Waals surface area contributed by atoms with Crippen molar-refractivity contribution in [3.05, 3.63) is 54.6 Å². The molecule has 6 nitrogen and oxygen atoms in total. The van der Waals surface area contributed by atoms with Crippen LogP contribution in [0.4, 0.5) is 17.1 Å². The van der Waals surface area contributed by atoms with Gasteiger partial charge in [-0.1, -0.05) is 24.3 Å². The highest BCUT2D eigenvalue weighted by Crippen LogP contribution is 2.18. The Labute approximate surface area is 127 Å². The van der Waals surface area contributed by atoms with Crippen LogP contribution in [-0.4, -0.2) is 17.7 Å². The van der Waals surface area contributed by atoms with Crippen LogP contribution in [0.1, 0.15) is 6.92 Å². The van der Waals surface area contributed by atoms with Crippen LogP contribution in [0.25, 0.3) is 0 Å². The van der Waals surface area contributed by atoms with Crippen molar-refractivity contribution in [2.45, 2.75) is 6.92 Å². The largest absolute Gasteiger partial charge is 0.399 e. The fourth-order valence-electron chi connectivity index (χ4n) is 1.91. The predicted octanol–water partition coefficient (Wildman–Crippen LogP) is 1.79. The van der Waals surface area contributed by atoms with Gasteiger partial charge in [0, 0.05) is 18.3 Å². The molecule has 22 heavy (non-hydrogen) atoms. The lowest BCUT2D eigenvalue weighted by Crippen LogP contribution is -2.42. The summed E-state index contributed by atoms with van der Waals surface area (Å²) in [4.78, 5) is 36.8. The van der Waals surface area contributed by atoms with Gasteiger partial charge in [0.1, 0.15) is 0 Å². The van der Waals surface area contributed by atoms with Gasteiger partial charge in [-0.25, -0.2) is 4.90 Å². The van der Waals surface area contributed by atoms with Crippen molar-refractivity contribution in [1.29, 1.82) is 0 Å². The molecule has 2 aromatic rings. The molecule has 2 aromatic carbocycles. The average Bonchev–Trinajstić information content (AvgIpc) is 2.48. The highest BCUT2D eigenvalue weighted by Gasteiger charge is 2.26. The number of imide groups is 1. The van der Waals surface area contributed by atoms with Crippen LogP contribution in [0.5, 0.6) is 0 Å². The van der Waals surface area contributed by atoms with Crippen molar-refractivity contribution >= 4 is 34.8 Å². The molecule has 3 amide bonds. The molecule has 0 aliphatic rings. The van der Waals surface area contributed by atoms with Crippen LogP contribution >= 0.6 is 0 Å². The van der Waals surface area contributed by atoms with Crippen LogP contribution in [-0.2, 0) is 14.4 Å². The highest BCUT2D eigenvalue weighted by atomic mass is 16.2. The number of hydrogen-bond acceptors (Lipinski definition) is 4. The third-order valence-corrected chi connectivity index (χ3v) is 2.87. The number of amides is 3. The number of hydrogen-bond donors (Lipinski definition) is 2. The fraction of sp³-hybridized carbons (Fsp3) is 0.0625. The molecule has 0 fully saturated rings. The van der Waals surface area contributed by atoms with Gasteiger partial charge in [0.2, 0.25) is 5.91 Å². The lowest BCUT2D eigenvalue weighted by molar-refractivity contribution is -0.136. The normalized spacial score (nSPS) is 9.86. The Morgan fingerprint density at radius 3 is 2.27 bits per heavy atom. The number of carbonyl (C=O) groups is 3. The van der Waals surface area contributed by atoms with E-state index in [9.17, 15) is 14.4 Å². The van der Waals surface area contributed by atoms with Crippen LogP contribution < -0.4 is 16.0 Å². The molecular formula is C16H15N3O3. The van der Waals surface area contributed by atoms with Crippen molar-refractivity contribution in [3.8, 4) is 0 Å². The number of para-hydroxylation sites is 1. The Hall–Kier alpha value is -3.15. The second-order valence-electron chi connectivity index (χ2n) is 4.57. The summed E-state index contributed by atoms with van der Waals surface area (Å²) in [5.74, 6) is -2.44. The maximum atomic E-state index is 12.3. The van der Waals surface area contributed by atoms with Crippen molar-refractivity contribution in [2.24, 2.45) is 0 Å². The summed E-state index contributed by atoms with van der Waals surface area (Å²) >= 11 is 0. The topological polar surface area (TPSA) is 92.5 Å². The molecule has 0 bridgehead atoms. The Morgan fingerprint density at radius 2 is 1.68 bits per heavy atom. The molecule has 0 atom stereocenters. The number of carbonyl (C=O) groups excluding carboxylic acids is 3. The zero-order valence-corrected chi connectivity index (χ0v) is 11.9. The smallest absolute Gasteiger partial charge is 0.323 e. The maximum Gasteiger partial charge on any atom is 0.323 e. The number of nitrogens with one attached hydrogen (secondary N) is 1. The number of nitrogen functional groups attached to an aromatic ring is 1. The summed E-state index contributed by atoms with van der Waals surface area (Å²) in [5, 5.41) is 2.45. The van der Waals surface area contributed by atoms with E-state index >= 15 is 0 Å². The molecule has 0 aromatic heterocycles. The first-order chi connectivity index (χ1) is 10.5. The first-order valence-corrected chi connectivity index (χ1v) is 6.55. The maximum absolute atomic E-state index is 12.3. The molecular weight excluding hydrogens is 282 g/mol. The van der Waals surface area contributed by atoms with E-state index in [0.717, 1.165) is 4.90 Å². The molecule has 6 heteroatoms. The van der Waals surface area contributed by atoms with Gasteiger partial charge in [-0.3, -0.25) is 14.4 Å². The summed E-state index contributed by atoms with van der Waals surface area (Å²) in [6.07, 6.45) is 0. The minimum atomic E-state index is -0.970. The second kappa shape index (κ2) is 6.53. The molecule has 0 spiro atoms. The lowest BCUT2D eigenvalue weighted by Gasteiger charge is -2.19. The molecule has 0 heterocycles. The Bertz CT molecular complexity index is 714. The molecule has 2 rings (SSSR count). The summed E-state index contributed by atoms with van der Waals surface area (Å²) in [6.45, 7) is 1.21. The Kier molecular flexibility index (Phi) is 4.53. The van der Waals surface area contributed by atoms with Gasteiger partial charge < -0.3 is 11.1 Å². The van der Waals surface area contributed by atoms with Gasteiger partial charge in [-0.15, -0.1) is 0 Å². The van der Waals surface area contributed by atoms with E-state index in [0.29, 0.717) is 11.4 Å². The molecule has 0 saturated carbocycles. The predicted molar refractivity (Wildman–Crippen MR) is 84.1 cm³/mol. The zero-order valence-electron chi connectivity index (χ0n) is 11.9. The number of nitrogens with two attached hydrogens (primary N) is 1.